The Morgan fingerprint density at radius 2 is 1.82 bits per heavy atom. The standard InChI is InChI=1S/C21H31N3O3S/c25-21(16-23-12-6-8-17-7-1-2-11-20(17)23)22-18-9-5-10-19(15-18)28(26,27)24-13-3-4-14-24/h5,9-10,15,17,20H,1-4,6-8,11-14,16H2,(H,22,25)/p+1/t17-,20+/m1/s1. The minimum absolute atomic E-state index is 0.0167. The molecule has 2 saturated heterocycles. The van der Waals surface area contributed by atoms with Gasteiger partial charge in [-0.15, -0.1) is 0 Å². The molecule has 2 N–H and O–H groups in total. The van der Waals surface area contributed by atoms with Crippen LogP contribution < -0.4 is 10.2 Å². The second kappa shape index (κ2) is 8.51. The van der Waals surface area contributed by atoms with Gasteiger partial charge in [-0.25, -0.2) is 8.42 Å². The number of anilines is 1. The van der Waals surface area contributed by atoms with Crippen LogP contribution in [0.15, 0.2) is 29.2 Å². The Morgan fingerprint density at radius 1 is 1.07 bits per heavy atom. The molecule has 2 heterocycles. The predicted octanol–water partition coefficient (Wildman–Crippen LogP) is 1.65. The van der Waals surface area contributed by atoms with Gasteiger partial charge in [0.25, 0.3) is 5.91 Å². The van der Waals surface area contributed by atoms with Gasteiger partial charge in [0, 0.05) is 24.7 Å². The average Bonchev–Trinajstić information content (AvgIpc) is 3.24. The summed E-state index contributed by atoms with van der Waals surface area (Å²) < 4.78 is 27.0. The van der Waals surface area contributed by atoms with E-state index in [1.807, 2.05) is 0 Å². The number of likely N-dealkylation sites (tertiary alicyclic amines) is 1. The molecule has 0 spiro atoms. The Labute approximate surface area is 168 Å². The molecule has 3 aliphatic rings. The first-order chi connectivity index (χ1) is 13.5. The van der Waals surface area contributed by atoms with Crippen LogP contribution in [0.1, 0.15) is 51.4 Å². The largest absolute Gasteiger partial charge is 0.324 e. The number of quaternary nitrogens is 1. The lowest BCUT2D eigenvalue weighted by Gasteiger charge is -2.40. The van der Waals surface area contributed by atoms with Crippen LogP contribution in [0.3, 0.4) is 0 Å². The molecule has 4 rings (SSSR count). The minimum Gasteiger partial charge on any atom is -0.324 e. The highest BCUT2D eigenvalue weighted by Crippen LogP contribution is 2.28. The maximum Gasteiger partial charge on any atom is 0.279 e. The van der Waals surface area contributed by atoms with Crippen molar-refractivity contribution in [1.29, 1.82) is 0 Å². The molecule has 28 heavy (non-hydrogen) atoms. The van der Waals surface area contributed by atoms with Gasteiger partial charge in [-0.05, 0) is 63.1 Å². The first kappa shape index (κ1) is 19.9. The van der Waals surface area contributed by atoms with E-state index in [0.29, 0.717) is 31.4 Å². The van der Waals surface area contributed by atoms with Crippen molar-refractivity contribution < 1.29 is 18.1 Å². The van der Waals surface area contributed by atoms with Crippen molar-refractivity contribution in [2.24, 2.45) is 5.92 Å². The molecule has 1 aromatic rings. The highest BCUT2D eigenvalue weighted by molar-refractivity contribution is 7.89. The Morgan fingerprint density at radius 3 is 2.64 bits per heavy atom. The van der Waals surface area contributed by atoms with Gasteiger partial charge < -0.3 is 10.2 Å². The van der Waals surface area contributed by atoms with Crippen molar-refractivity contribution in [1.82, 2.24) is 4.31 Å². The second-order valence-corrected chi connectivity index (χ2v) is 10.5. The van der Waals surface area contributed by atoms with Gasteiger partial charge in [0.1, 0.15) is 0 Å². The number of sulfonamides is 1. The number of hydrogen-bond acceptors (Lipinski definition) is 3. The van der Waals surface area contributed by atoms with Crippen LogP contribution in [0, 0.1) is 5.92 Å². The van der Waals surface area contributed by atoms with Crippen molar-refractivity contribution in [3.8, 4) is 0 Å². The summed E-state index contributed by atoms with van der Waals surface area (Å²) >= 11 is 0. The van der Waals surface area contributed by atoms with Crippen LogP contribution in [0.2, 0.25) is 0 Å². The van der Waals surface area contributed by atoms with Crippen LogP contribution in [-0.2, 0) is 14.8 Å². The van der Waals surface area contributed by atoms with Crippen LogP contribution in [-0.4, -0.2) is 50.9 Å². The molecule has 1 saturated carbocycles. The van der Waals surface area contributed by atoms with E-state index in [0.717, 1.165) is 25.3 Å². The Hall–Kier alpha value is -1.44. The maximum atomic E-state index is 12.8. The molecule has 1 aromatic carbocycles. The molecule has 1 aliphatic carbocycles. The van der Waals surface area contributed by atoms with Gasteiger partial charge in [-0.1, -0.05) is 12.5 Å². The summed E-state index contributed by atoms with van der Waals surface area (Å²) in [6.45, 7) is 2.71. The number of piperidine rings is 1. The van der Waals surface area contributed by atoms with Crippen molar-refractivity contribution in [2.75, 3.05) is 31.5 Å². The van der Waals surface area contributed by atoms with Crippen molar-refractivity contribution in [3.63, 3.8) is 0 Å². The number of fused-ring (bicyclic) bond motifs is 1. The summed E-state index contributed by atoms with van der Waals surface area (Å²) in [4.78, 5) is 14.4. The van der Waals surface area contributed by atoms with Crippen molar-refractivity contribution in [2.45, 2.75) is 62.3 Å². The minimum atomic E-state index is -3.46. The first-order valence-corrected chi connectivity index (χ1v) is 12.2. The van der Waals surface area contributed by atoms with Crippen LogP contribution in [0.5, 0.6) is 0 Å². The molecule has 0 radical (unpaired) electrons. The molecule has 1 amide bonds. The van der Waals surface area contributed by atoms with Gasteiger partial charge in [-0.3, -0.25) is 4.79 Å². The second-order valence-electron chi connectivity index (χ2n) is 8.57. The molecule has 3 atom stereocenters. The number of nitrogens with zero attached hydrogens (tertiary/aromatic N) is 1. The zero-order chi connectivity index (χ0) is 19.6. The monoisotopic (exact) mass is 406 g/mol. The Bertz CT molecular complexity index is 803. The third-order valence-electron chi connectivity index (χ3n) is 6.71. The summed E-state index contributed by atoms with van der Waals surface area (Å²) in [5, 5.41) is 2.95. The van der Waals surface area contributed by atoms with E-state index < -0.39 is 10.0 Å². The molecule has 154 valence electrons. The first-order valence-electron chi connectivity index (χ1n) is 10.8. The van der Waals surface area contributed by atoms with Gasteiger partial charge in [0.2, 0.25) is 10.0 Å². The average molecular weight is 407 g/mol. The number of carbonyl (C=O) groups excluding carboxylic acids is 1. The zero-order valence-corrected chi connectivity index (χ0v) is 17.3. The molecule has 6 nitrogen and oxygen atoms in total. The van der Waals surface area contributed by atoms with Crippen LogP contribution >= 0.6 is 0 Å². The van der Waals surface area contributed by atoms with Crippen LogP contribution in [0.4, 0.5) is 5.69 Å². The SMILES string of the molecule is O=C(C[NH+]1CCC[C@H]2CCCC[C@@H]21)Nc1cccc(S(=O)(=O)N2CCCC2)c1. The lowest BCUT2D eigenvalue weighted by atomic mass is 9.78. The van der Waals surface area contributed by atoms with Gasteiger partial charge in [0.05, 0.1) is 17.5 Å². The van der Waals surface area contributed by atoms with E-state index >= 15 is 0 Å². The third kappa shape index (κ3) is 4.26. The topological polar surface area (TPSA) is 70.9 Å². The maximum absolute atomic E-state index is 12.8. The molecular weight excluding hydrogens is 374 g/mol. The summed E-state index contributed by atoms with van der Waals surface area (Å²) in [6, 6.07) is 7.32. The third-order valence-corrected chi connectivity index (χ3v) is 8.61. The van der Waals surface area contributed by atoms with E-state index in [-0.39, 0.29) is 10.8 Å². The smallest absolute Gasteiger partial charge is 0.279 e. The summed E-state index contributed by atoms with van der Waals surface area (Å²) in [5.41, 5.74) is 0.571. The van der Waals surface area contributed by atoms with Gasteiger partial charge in [0.15, 0.2) is 6.54 Å². The lowest BCUT2D eigenvalue weighted by Crippen LogP contribution is -3.18. The number of rotatable bonds is 5. The molecule has 0 aromatic heterocycles. The number of carbonyl (C=O) groups is 1. The summed E-state index contributed by atoms with van der Waals surface area (Å²) in [5.74, 6) is 0.760. The molecule has 3 fully saturated rings. The van der Waals surface area contributed by atoms with E-state index in [9.17, 15) is 13.2 Å². The molecule has 2 aliphatic heterocycles. The molecular formula is C21H32N3O3S+. The number of benzene rings is 1. The highest BCUT2D eigenvalue weighted by Gasteiger charge is 2.37. The predicted molar refractivity (Wildman–Crippen MR) is 109 cm³/mol. The number of nitrogens with one attached hydrogen (secondary N) is 2. The Kier molecular flexibility index (Phi) is 6.04. The van der Waals surface area contributed by atoms with E-state index in [1.54, 1.807) is 24.3 Å². The quantitative estimate of drug-likeness (QED) is 0.781. The molecule has 1 unspecified atom stereocenters. The van der Waals surface area contributed by atoms with E-state index in [2.05, 4.69) is 5.32 Å². The number of amides is 1. The highest BCUT2D eigenvalue weighted by atomic mass is 32.2. The van der Waals surface area contributed by atoms with E-state index in [1.165, 1.54) is 47.7 Å². The van der Waals surface area contributed by atoms with Crippen LogP contribution in [0.25, 0.3) is 0 Å². The molecule has 7 heteroatoms. The van der Waals surface area contributed by atoms with Crippen molar-refractivity contribution >= 4 is 21.6 Å². The molecule has 0 bridgehead atoms. The number of hydrogen-bond donors (Lipinski definition) is 2. The van der Waals surface area contributed by atoms with Gasteiger partial charge in [-0.2, -0.15) is 4.31 Å². The van der Waals surface area contributed by atoms with Crippen molar-refractivity contribution in [3.05, 3.63) is 24.3 Å². The fourth-order valence-corrected chi connectivity index (χ4v) is 6.87. The Balaban J connectivity index is 1.40. The zero-order valence-electron chi connectivity index (χ0n) is 16.5. The summed E-state index contributed by atoms with van der Waals surface area (Å²) in [6.07, 6.45) is 9.50. The fourth-order valence-electron chi connectivity index (χ4n) is 5.31. The fraction of sp³-hybridized carbons (Fsp3) is 0.667. The summed E-state index contributed by atoms with van der Waals surface area (Å²) in [7, 11) is -3.46. The normalized spacial score (nSPS) is 28.6. The van der Waals surface area contributed by atoms with E-state index in [4.69, 9.17) is 0 Å². The lowest BCUT2D eigenvalue weighted by molar-refractivity contribution is -0.928. The van der Waals surface area contributed by atoms with Gasteiger partial charge >= 0.3 is 0 Å².